The maximum absolute atomic E-state index is 12.9. The number of aryl methyl sites for hydroxylation is 1. The molecule has 1 amide bonds. The zero-order valence-corrected chi connectivity index (χ0v) is 16.0. The number of benzene rings is 1. The first-order valence-electron chi connectivity index (χ1n) is 8.93. The lowest BCUT2D eigenvalue weighted by Gasteiger charge is -2.31. The van der Waals surface area contributed by atoms with Crippen molar-refractivity contribution in [1.82, 2.24) is 10.1 Å². The Labute approximate surface area is 158 Å². The molecular formula is C20H23ClN2O3. The molecule has 0 N–H and O–H groups in total. The maximum atomic E-state index is 12.9. The van der Waals surface area contributed by atoms with Crippen LogP contribution < -0.4 is 0 Å². The highest BCUT2D eigenvalue weighted by Gasteiger charge is 2.31. The van der Waals surface area contributed by atoms with Crippen LogP contribution in [0.25, 0.3) is 0 Å². The van der Waals surface area contributed by atoms with E-state index >= 15 is 0 Å². The van der Waals surface area contributed by atoms with E-state index in [1.165, 1.54) is 0 Å². The summed E-state index contributed by atoms with van der Waals surface area (Å²) in [7, 11) is 0. The standard InChI is InChI=1S/C20H23ClN2O3/c1-12(2)17-10-18(26-22-17)20(25)23-8-4-5-14(11-23)19(24)16-7-6-15(21)9-13(16)3/h6-7,9-10,12,14H,4-5,8,11H2,1-3H3/t14-/m0/s1. The number of rotatable bonds is 4. The molecule has 1 fully saturated rings. The van der Waals surface area contributed by atoms with Gasteiger partial charge in [0.25, 0.3) is 5.91 Å². The van der Waals surface area contributed by atoms with Crippen molar-refractivity contribution in [1.29, 1.82) is 0 Å². The summed E-state index contributed by atoms with van der Waals surface area (Å²) in [6.45, 7) is 6.90. The first-order valence-corrected chi connectivity index (χ1v) is 9.31. The number of aromatic nitrogens is 1. The minimum Gasteiger partial charge on any atom is -0.351 e. The van der Waals surface area contributed by atoms with Crippen molar-refractivity contribution in [3.05, 3.63) is 51.9 Å². The second-order valence-corrected chi connectivity index (χ2v) is 7.62. The first-order chi connectivity index (χ1) is 12.4. The molecular weight excluding hydrogens is 352 g/mol. The Hall–Kier alpha value is -2.14. The SMILES string of the molecule is Cc1cc(Cl)ccc1C(=O)[C@H]1CCCN(C(=O)c2cc(C(C)C)no2)C1. The molecule has 6 heteroatoms. The van der Waals surface area contributed by atoms with Gasteiger partial charge in [0.2, 0.25) is 5.76 Å². The average Bonchev–Trinajstić information content (AvgIpc) is 3.11. The molecule has 5 nitrogen and oxygen atoms in total. The third-order valence-electron chi connectivity index (χ3n) is 4.86. The highest BCUT2D eigenvalue weighted by atomic mass is 35.5. The van der Waals surface area contributed by atoms with Gasteiger partial charge in [0.1, 0.15) is 0 Å². The Morgan fingerprint density at radius 1 is 1.31 bits per heavy atom. The lowest BCUT2D eigenvalue weighted by atomic mass is 9.88. The van der Waals surface area contributed by atoms with E-state index in [1.54, 1.807) is 29.2 Å². The van der Waals surface area contributed by atoms with Crippen LogP contribution in [0, 0.1) is 12.8 Å². The normalized spacial score (nSPS) is 17.6. The van der Waals surface area contributed by atoms with E-state index in [1.807, 2.05) is 20.8 Å². The van der Waals surface area contributed by atoms with E-state index in [0.717, 1.165) is 24.1 Å². The minimum atomic E-state index is -0.208. The molecule has 0 saturated carbocycles. The van der Waals surface area contributed by atoms with Crippen molar-refractivity contribution in [2.75, 3.05) is 13.1 Å². The van der Waals surface area contributed by atoms with Gasteiger partial charge in [-0.25, -0.2) is 0 Å². The quantitative estimate of drug-likeness (QED) is 0.739. The van der Waals surface area contributed by atoms with Crippen LogP contribution in [0.1, 0.15) is 64.8 Å². The van der Waals surface area contributed by atoms with E-state index in [4.69, 9.17) is 16.1 Å². The van der Waals surface area contributed by atoms with Gasteiger partial charge in [-0.3, -0.25) is 9.59 Å². The first kappa shape index (κ1) is 18.6. The molecule has 138 valence electrons. The van der Waals surface area contributed by atoms with Crippen LogP contribution in [0.3, 0.4) is 0 Å². The molecule has 1 aromatic carbocycles. The van der Waals surface area contributed by atoms with E-state index < -0.39 is 0 Å². The molecule has 26 heavy (non-hydrogen) atoms. The van der Waals surface area contributed by atoms with Crippen molar-refractivity contribution in [2.45, 2.75) is 39.5 Å². The van der Waals surface area contributed by atoms with Crippen molar-refractivity contribution < 1.29 is 14.1 Å². The monoisotopic (exact) mass is 374 g/mol. The smallest absolute Gasteiger partial charge is 0.292 e. The number of nitrogens with zero attached hydrogens (tertiary/aromatic N) is 2. The van der Waals surface area contributed by atoms with Crippen molar-refractivity contribution in [2.24, 2.45) is 5.92 Å². The minimum absolute atomic E-state index is 0.0668. The highest BCUT2D eigenvalue weighted by molar-refractivity contribution is 6.30. The lowest BCUT2D eigenvalue weighted by Crippen LogP contribution is -2.42. The second kappa shape index (κ2) is 7.62. The number of piperidine rings is 1. The van der Waals surface area contributed by atoms with Gasteiger partial charge in [0.15, 0.2) is 5.78 Å². The predicted octanol–water partition coefficient (Wildman–Crippen LogP) is 4.49. The molecule has 1 aromatic heterocycles. The third kappa shape index (κ3) is 3.83. The molecule has 0 bridgehead atoms. The van der Waals surface area contributed by atoms with Crippen LogP contribution in [0.15, 0.2) is 28.8 Å². The fraction of sp³-hybridized carbons (Fsp3) is 0.450. The Morgan fingerprint density at radius 2 is 2.08 bits per heavy atom. The maximum Gasteiger partial charge on any atom is 0.292 e. The largest absolute Gasteiger partial charge is 0.351 e. The van der Waals surface area contributed by atoms with Gasteiger partial charge < -0.3 is 9.42 Å². The summed E-state index contributed by atoms with van der Waals surface area (Å²) in [6.07, 6.45) is 1.57. The van der Waals surface area contributed by atoms with Crippen LogP contribution in [-0.2, 0) is 0 Å². The second-order valence-electron chi connectivity index (χ2n) is 7.18. The third-order valence-corrected chi connectivity index (χ3v) is 5.10. The van der Waals surface area contributed by atoms with Gasteiger partial charge in [-0.05, 0) is 49.4 Å². The number of Topliss-reactive ketones (excluding diaryl/α,β-unsaturated/α-hetero) is 1. The van der Waals surface area contributed by atoms with Crippen LogP contribution in [0.4, 0.5) is 0 Å². The number of ketones is 1. The fourth-order valence-electron chi connectivity index (χ4n) is 3.32. The molecule has 1 aliphatic heterocycles. The van der Waals surface area contributed by atoms with Gasteiger partial charge in [0.05, 0.1) is 5.69 Å². The lowest BCUT2D eigenvalue weighted by molar-refractivity contribution is 0.0602. The molecule has 3 rings (SSSR count). The van der Waals surface area contributed by atoms with E-state index in [0.29, 0.717) is 23.7 Å². The molecule has 0 unspecified atom stereocenters. The van der Waals surface area contributed by atoms with Gasteiger partial charge in [-0.2, -0.15) is 0 Å². The van der Waals surface area contributed by atoms with Crippen LogP contribution in [0.5, 0.6) is 0 Å². The summed E-state index contributed by atoms with van der Waals surface area (Å²) < 4.78 is 5.21. The molecule has 0 radical (unpaired) electrons. The number of hydrogen-bond acceptors (Lipinski definition) is 4. The van der Waals surface area contributed by atoms with Gasteiger partial charge in [-0.1, -0.05) is 30.6 Å². The Bertz CT molecular complexity index is 828. The number of carbonyl (C=O) groups is 2. The number of amides is 1. The van der Waals surface area contributed by atoms with Crippen LogP contribution >= 0.6 is 11.6 Å². The predicted molar refractivity (Wildman–Crippen MR) is 99.7 cm³/mol. The van der Waals surface area contributed by atoms with Gasteiger partial charge in [0, 0.05) is 35.7 Å². The number of likely N-dealkylation sites (tertiary alicyclic amines) is 1. The summed E-state index contributed by atoms with van der Waals surface area (Å²) in [4.78, 5) is 27.3. The molecule has 1 aliphatic rings. The summed E-state index contributed by atoms with van der Waals surface area (Å²) in [5.74, 6) is 0.0974. The topological polar surface area (TPSA) is 63.4 Å². The van der Waals surface area contributed by atoms with Crippen molar-refractivity contribution in [3.63, 3.8) is 0 Å². The van der Waals surface area contributed by atoms with E-state index in [2.05, 4.69) is 5.16 Å². The van der Waals surface area contributed by atoms with Gasteiger partial charge in [-0.15, -0.1) is 0 Å². The van der Waals surface area contributed by atoms with E-state index in [9.17, 15) is 9.59 Å². The molecule has 2 heterocycles. The summed E-state index contributed by atoms with van der Waals surface area (Å²) in [6, 6.07) is 6.99. The van der Waals surface area contributed by atoms with Gasteiger partial charge >= 0.3 is 0 Å². The fourth-order valence-corrected chi connectivity index (χ4v) is 3.54. The average molecular weight is 375 g/mol. The Morgan fingerprint density at radius 3 is 2.73 bits per heavy atom. The van der Waals surface area contributed by atoms with E-state index in [-0.39, 0.29) is 29.3 Å². The molecule has 0 spiro atoms. The molecule has 1 atom stereocenters. The summed E-state index contributed by atoms with van der Waals surface area (Å²) in [5.41, 5.74) is 2.30. The summed E-state index contributed by atoms with van der Waals surface area (Å²) >= 11 is 5.98. The Balaban J connectivity index is 1.74. The molecule has 1 saturated heterocycles. The number of halogens is 1. The highest BCUT2D eigenvalue weighted by Crippen LogP contribution is 2.25. The zero-order chi connectivity index (χ0) is 18.8. The number of carbonyl (C=O) groups excluding carboxylic acids is 2. The van der Waals surface area contributed by atoms with Crippen molar-refractivity contribution >= 4 is 23.3 Å². The van der Waals surface area contributed by atoms with Crippen LogP contribution in [0.2, 0.25) is 5.02 Å². The number of hydrogen-bond donors (Lipinski definition) is 0. The summed E-state index contributed by atoms with van der Waals surface area (Å²) in [5, 5.41) is 4.57. The zero-order valence-electron chi connectivity index (χ0n) is 15.3. The van der Waals surface area contributed by atoms with Crippen molar-refractivity contribution in [3.8, 4) is 0 Å². The Kier molecular flexibility index (Phi) is 5.47. The molecule has 2 aromatic rings. The van der Waals surface area contributed by atoms with Crippen LogP contribution in [-0.4, -0.2) is 34.8 Å². The molecule has 0 aliphatic carbocycles.